The fourth-order valence-corrected chi connectivity index (χ4v) is 7.84. The first-order chi connectivity index (χ1) is 27.7. The number of anilines is 3. The summed E-state index contributed by atoms with van der Waals surface area (Å²) in [5.41, 5.74) is 17.2. The number of hydrogen-bond acceptors (Lipinski definition) is 2. The van der Waals surface area contributed by atoms with Gasteiger partial charge in [-0.2, -0.15) is 0 Å². The van der Waals surface area contributed by atoms with Gasteiger partial charge in [0.05, 0.1) is 0 Å². The highest BCUT2D eigenvalue weighted by molar-refractivity contribution is 5.93. The Bertz CT molecular complexity index is 2690. The van der Waals surface area contributed by atoms with Gasteiger partial charge < -0.3 is 9.64 Å². The second-order valence-electron chi connectivity index (χ2n) is 14.1. The van der Waals surface area contributed by atoms with Crippen molar-refractivity contribution in [3.63, 3.8) is 0 Å². The quantitative estimate of drug-likeness (QED) is 0.163. The molecule has 0 atom stereocenters. The number of fused-ring (bicyclic) bond motifs is 5. The van der Waals surface area contributed by atoms with Gasteiger partial charge in [-0.3, -0.25) is 0 Å². The lowest BCUT2D eigenvalue weighted by Crippen LogP contribution is -2.09. The molecule has 1 aliphatic heterocycles. The highest BCUT2D eigenvalue weighted by Crippen LogP contribution is 2.49. The Kier molecular flexibility index (Phi) is 8.55. The van der Waals surface area contributed by atoms with E-state index in [-0.39, 0.29) is 0 Å². The van der Waals surface area contributed by atoms with Crippen molar-refractivity contribution in [3.05, 3.63) is 224 Å². The van der Waals surface area contributed by atoms with Gasteiger partial charge in [-0.15, -0.1) is 0 Å². The molecule has 2 nitrogen and oxygen atoms in total. The standard InChI is InChI=1S/C54H37NO/c1-4-12-38(13-5-1)41-20-28-46(29-21-41)55(47-30-22-42(23-31-47)39-14-6-2-7-15-39)48-32-24-43(25-33-48)44-27-35-53-52(36-44)50-19-11-10-18-49(50)51-34-26-45(37-54(51)56-53)40-16-8-3-9-17-40/h1-37H. The van der Waals surface area contributed by atoms with Crippen LogP contribution in [0.25, 0.3) is 66.8 Å². The van der Waals surface area contributed by atoms with Crippen LogP contribution in [-0.4, -0.2) is 0 Å². The lowest BCUT2D eigenvalue weighted by molar-refractivity contribution is 0.488. The minimum Gasteiger partial charge on any atom is -0.456 e. The summed E-state index contributed by atoms with van der Waals surface area (Å²) in [7, 11) is 0. The molecule has 9 aromatic rings. The molecule has 1 aliphatic rings. The summed E-state index contributed by atoms with van der Waals surface area (Å²) in [6, 6.07) is 79.9. The molecular formula is C54H37NO. The zero-order valence-electron chi connectivity index (χ0n) is 30.7. The van der Waals surface area contributed by atoms with Gasteiger partial charge in [0, 0.05) is 28.2 Å². The Morgan fingerprint density at radius 3 is 1.09 bits per heavy atom. The van der Waals surface area contributed by atoms with E-state index in [4.69, 9.17) is 4.74 Å². The Labute approximate surface area is 328 Å². The molecule has 0 fully saturated rings. The maximum Gasteiger partial charge on any atom is 0.135 e. The van der Waals surface area contributed by atoms with Crippen LogP contribution < -0.4 is 9.64 Å². The van der Waals surface area contributed by atoms with Crippen molar-refractivity contribution in [2.75, 3.05) is 4.90 Å². The van der Waals surface area contributed by atoms with Crippen LogP contribution in [0.15, 0.2) is 224 Å². The maximum atomic E-state index is 6.75. The van der Waals surface area contributed by atoms with Crippen LogP contribution >= 0.6 is 0 Å². The summed E-state index contributed by atoms with van der Waals surface area (Å²) in [4.78, 5) is 2.33. The van der Waals surface area contributed by atoms with Crippen LogP contribution in [0.5, 0.6) is 11.5 Å². The molecule has 9 aromatic carbocycles. The van der Waals surface area contributed by atoms with Crippen molar-refractivity contribution in [1.29, 1.82) is 0 Å². The van der Waals surface area contributed by atoms with Crippen LogP contribution in [-0.2, 0) is 0 Å². The minimum absolute atomic E-state index is 0.853. The third-order valence-corrected chi connectivity index (χ3v) is 10.7. The first kappa shape index (κ1) is 33.2. The molecule has 0 bridgehead atoms. The third-order valence-electron chi connectivity index (χ3n) is 10.7. The molecule has 264 valence electrons. The predicted octanol–water partition coefficient (Wildman–Crippen LogP) is 15.3. The van der Waals surface area contributed by atoms with Crippen molar-refractivity contribution in [2.45, 2.75) is 0 Å². The first-order valence-corrected chi connectivity index (χ1v) is 19.1. The van der Waals surface area contributed by atoms with Crippen molar-refractivity contribution < 1.29 is 4.74 Å². The zero-order chi connectivity index (χ0) is 37.3. The highest BCUT2D eigenvalue weighted by Gasteiger charge is 2.22. The van der Waals surface area contributed by atoms with Crippen molar-refractivity contribution >= 4 is 17.1 Å². The Balaban J connectivity index is 1.01. The van der Waals surface area contributed by atoms with Gasteiger partial charge >= 0.3 is 0 Å². The molecular weight excluding hydrogens is 679 g/mol. The predicted molar refractivity (Wildman–Crippen MR) is 234 cm³/mol. The van der Waals surface area contributed by atoms with Crippen molar-refractivity contribution in [2.24, 2.45) is 0 Å². The van der Waals surface area contributed by atoms with E-state index in [9.17, 15) is 0 Å². The molecule has 2 heteroatoms. The average Bonchev–Trinajstić information content (AvgIpc) is 3.42. The second-order valence-corrected chi connectivity index (χ2v) is 14.1. The summed E-state index contributed by atoms with van der Waals surface area (Å²) in [5.74, 6) is 1.72. The second kappa shape index (κ2) is 14.4. The molecule has 0 N–H and O–H groups in total. The summed E-state index contributed by atoms with van der Waals surface area (Å²) < 4.78 is 6.75. The summed E-state index contributed by atoms with van der Waals surface area (Å²) >= 11 is 0. The highest BCUT2D eigenvalue weighted by atomic mass is 16.5. The van der Waals surface area contributed by atoms with Crippen LogP contribution in [0.4, 0.5) is 17.1 Å². The average molecular weight is 716 g/mol. The fourth-order valence-electron chi connectivity index (χ4n) is 7.84. The number of ether oxygens (including phenoxy) is 1. The largest absolute Gasteiger partial charge is 0.456 e. The SMILES string of the molecule is c1ccc(-c2ccc(N(c3ccc(-c4ccccc4)cc3)c3ccc(-c4ccc5c(c4)-c4ccccc4-c4ccc(-c6ccccc6)cc4O5)cc3)cc2)cc1. The Morgan fingerprint density at radius 1 is 0.232 bits per heavy atom. The van der Waals surface area contributed by atoms with Crippen molar-refractivity contribution in [1.82, 2.24) is 0 Å². The van der Waals surface area contributed by atoms with Gasteiger partial charge in [0.15, 0.2) is 0 Å². The van der Waals surface area contributed by atoms with E-state index in [1.165, 1.54) is 33.4 Å². The van der Waals surface area contributed by atoms with E-state index in [1.807, 2.05) is 6.07 Å². The molecule has 0 spiro atoms. The Morgan fingerprint density at radius 2 is 0.589 bits per heavy atom. The van der Waals surface area contributed by atoms with Gasteiger partial charge in [-0.1, -0.05) is 164 Å². The lowest BCUT2D eigenvalue weighted by Gasteiger charge is -2.26. The monoisotopic (exact) mass is 715 g/mol. The molecule has 0 unspecified atom stereocenters. The maximum absolute atomic E-state index is 6.75. The molecule has 0 saturated carbocycles. The van der Waals surface area contributed by atoms with Crippen molar-refractivity contribution in [3.8, 4) is 78.3 Å². The fraction of sp³-hybridized carbons (Fsp3) is 0. The van der Waals surface area contributed by atoms with Crippen LogP contribution in [0.1, 0.15) is 0 Å². The van der Waals surface area contributed by atoms with Gasteiger partial charge in [0.2, 0.25) is 0 Å². The molecule has 0 aliphatic carbocycles. The van der Waals surface area contributed by atoms with Gasteiger partial charge in [0.1, 0.15) is 11.5 Å². The van der Waals surface area contributed by atoms with Gasteiger partial charge in [-0.25, -0.2) is 0 Å². The number of rotatable bonds is 7. The molecule has 0 aromatic heterocycles. The zero-order valence-corrected chi connectivity index (χ0v) is 30.7. The summed E-state index contributed by atoms with van der Waals surface area (Å²) in [6.07, 6.45) is 0. The van der Waals surface area contributed by atoms with Crippen LogP contribution in [0, 0.1) is 0 Å². The third kappa shape index (κ3) is 6.34. The topological polar surface area (TPSA) is 12.5 Å². The molecule has 10 rings (SSSR count). The number of nitrogens with zero attached hydrogens (tertiary/aromatic N) is 1. The normalized spacial score (nSPS) is 11.4. The van der Waals surface area contributed by atoms with E-state index >= 15 is 0 Å². The van der Waals surface area contributed by atoms with E-state index in [0.29, 0.717) is 0 Å². The summed E-state index contributed by atoms with van der Waals surface area (Å²) in [5, 5.41) is 0. The molecule has 0 saturated heterocycles. The first-order valence-electron chi connectivity index (χ1n) is 19.1. The van der Waals surface area contributed by atoms with E-state index in [1.54, 1.807) is 0 Å². The minimum atomic E-state index is 0.853. The lowest BCUT2D eigenvalue weighted by atomic mass is 9.92. The van der Waals surface area contributed by atoms with E-state index < -0.39 is 0 Å². The van der Waals surface area contributed by atoms with E-state index in [0.717, 1.165) is 61.9 Å². The van der Waals surface area contributed by atoms with Gasteiger partial charge in [-0.05, 0) is 116 Å². The Hall–Kier alpha value is -7.42. The van der Waals surface area contributed by atoms with Gasteiger partial charge in [0.25, 0.3) is 0 Å². The molecule has 0 radical (unpaired) electrons. The molecule has 56 heavy (non-hydrogen) atoms. The number of hydrogen-bond donors (Lipinski definition) is 0. The molecule has 1 heterocycles. The smallest absolute Gasteiger partial charge is 0.135 e. The summed E-state index contributed by atoms with van der Waals surface area (Å²) in [6.45, 7) is 0. The molecule has 0 amide bonds. The van der Waals surface area contributed by atoms with Crippen LogP contribution in [0.3, 0.4) is 0 Å². The number of benzene rings is 9. The van der Waals surface area contributed by atoms with Crippen LogP contribution in [0.2, 0.25) is 0 Å². The van der Waals surface area contributed by atoms with E-state index in [2.05, 4.69) is 223 Å².